The van der Waals surface area contributed by atoms with Crippen LogP contribution in [0, 0.1) is 0 Å². The van der Waals surface area contributed by atoms with Gasteiger partial charge in [0.05, 0.1) is 33.9 Å². The topological polar surface area (TPSA) is 68.3 Å². The van der Waals surface area contributed by atoms with E-state index < -0.39 is 12.2 Å². The van der Waals surface area contributed by atoms with E-state index in [1.165, 1.54) is 29.8 Å². The lowest BCUT2D eigenvalue weighted by molar-refractivity contribution is -0.0241. The Labute approximate surface area is 140 Å². The smallest absolute Gasteiger partial charge is 0.429 e. The second-order valence-electron chi connectivity index (χ2n) is 5.60. The first-order chi connectivity index (χ1) is 11.6. The maximum absolute atomic E-state index is 12.3. The summed E-state index contributed by atoms with van der Waals surface area (Å²) in [7, 11) is 4.23. The summed E-state index contributed by atoms with van der Waals surface area (Å²) in [5, 5.41) is 2.63. The lowest BCUT2D eigenvalue weighted by atomic mass is 9.82. The molecule has 7 nitrogen and oxygen atoms in total. The van der Waals surface area contributed by atoms with Gasteiger partial charge in [-0.3, -0.25) is 0 Å². The van der Waals surface area contributed by atoms with Gasteiger partial charge >= 0.3 is 12.2 Å². The summed E-state index contributed by atoms with van der Waals surface area (Å²) >= 11 is 0. The summed E-state index contributed by atoms with van der Waals surface area (Å²) in [5.41, 5.74) is 3.27. The van der Waals surface area contributed by atoms with E-state index in [1.54, 1.807) is 7.11 Å². The van der Waals surface area contributed by atoms with E-state index in [2.05, 4.69) is 0 Å². The lowest BCUT2D eigenvalue weighted by Gasteiger charge is -2.44. The maximum atomic E-state index is 12.3. The predicted molar refractivity (Wildman–Crippen MR) is 86.4 cm³/mol. The number of carbonyl (C=O) groups is 2. The Morgan fingerprint density at radius 3 is 2.54 bits per heavy atom. The predicted octanol–water partition coefficient (Wildman–Crippen LogP) is 2.46. The number of carbonyl (C=O) groups excluding carboxylic acids is 2. The van der Waals surface area contributed by atoms with Crippen LogP contribution in [0.4, 0.5) is 9.59 Å². The average molecular weight is 332 g/mol. The molecule has 1 aromatic carbocycles. The van der Waals surface area contributed by atoms with Crippen molar-refractivity contribution in [3.8, 4) is 5.75 Å². The summed E-state index contributed by atoms with van der Waals surface area (Å²) in [6.07, 6.45) is 2.26. The fourth-order valence-corrected chi connectivity index (χ4v) is 3.34. The van der Waals surface area contributed by atoms with Crippen LogP contribution in [0.3, 0.4) is 0 Å². The van der Waals surface area contributed by atoms with Crippen LogP contribution in [-0.2, 0) is 15.9 Å². The standard InChI is InChI=1S/C17H20N2O5/c1-22-12-5-6-13-11(10-12)4-7-15-14(13)8-9-18(16(20)23-2)19(15)17(21)24-3/h5-6,8,10,15H,4,7,9H2,1-3H3. The average Bonchev–Trinajstić information content (AvgIpc) is 2.64. The van der Waals surface area contributed by atoms with Crippen LogP contribution >= 0.6 is 0 Å². The first kappa shape index (κ1) is 16.2. The first-order valence-electron chi connectivity index (χ1n) is 7.70. The molecule has 1 atom stereocenters. The highest BCUT2D eigenvalue weighted by atomic mass is 16.6. The Morgan fingerprint density at radius 2 is 1.88 bits per heavy atom. The third kappa shape index (κ3) is 2.55. The third-order valence-corrected chi connectivity index (χ3v) is 4.46. The lowest BCUT2D eigenvalue weighted by Crippen LogP contribution is -2.57. The zero-order valence-electron chi connectivity index (χ0n) is 13.9. The Morgan fingerprint density at radius 1 is 1.12 bits per heavy atom. The minimum absolute atomic E-state index is 0.249. The summed E-state index contributed by atoms with van der Waals surface area (Å²) in [5.74, 6) is 0.810. The minimum Gasteiger partial charge on any atom is -0.497 e. The van der Waals surface area contributed by atoms with Gasteiger partial charge in [-0.2, -0.15) is 0 Å². The van der Waals surface area contributed by atoms with Crippen LogP contribution < -0.4 is 4.74 Å². The van der Waals surface area contributed by atoms with Gasteiger partial charge in [0.25, 0.3) is 0 Å². The molecule has 3 rings (SSSR count). The van der Waals surface area contributed by atoms with E-state index in [-0.39, 0.29) is 12.6 Å². The number of hydrogen-bond acceptors (Lipinski definition) is 5. The van der Waals surface area contributed by atoms with Gasteiger partial charge < -0.3 is 14.2 Å². The van der Waals surface area contributed by atoms with E-state index in [4.69, 9.17) is 14.2 Å². The van der Waals surface area contributed by atoms with Gasteiger partial charge in [-0.1, -0.05) is 12.1 Å². The van der Waals surface area contributed by atoms with Crippen molar-refractivity contribution in [1.29, 1.82) is 0 Å². The zero-order chi connectivity index (χ0) is 17.3. The number of fused-ring (bicyclic) bond motifs is 3. The van der Waals surface area contributed by atoms with E-state index in [0.29, 0.717) is 6.42 Å². The van der Waals surface area contributed by atoms with E-state index in [1.807, 2.05) is 24.3 Å². The number of ether oxygens (including phenoxy) is 3. The number of rotatable bonds is 1. The highest BCUT2D eigenvalue weighted by molar-refractivity contribution is 5.83. The van der Waals surface area contributed by atoms with Crippen LogP contribution in [0.15, 0.2) is 24.3 Å². The molecule has 0 N–H and O–H groups in total. The van der Waals surface area contributed by atoms with Crippen LogP contribution in [0.2, 0.25) is 0 Å². The Hall–Kier alpha value is -2.70. The molecule has 1 aromatic rings. The number of benzene rings is 1. The van der Waals surface area contributed by atoms with Crippen molar-refractivity contribution < 1.29 is 23.8 Å². The molecular formula is C17H20N2O5. The molecule has 0 spiro atoms. The molecule has 1 unspecified atom stereocenters. The highest BCUT2D eigenvalue weighted by Crippen LogP contribution is 2.38. The highest BCUT2D eigenvalue weighted by Gasteiger charge is 2.41. The van der Waals surface area contributed by atoms with Gasteiger partial charge in [0.15, 0.2) is 0 Å². The summed E-state index contributed by atoms with van der Waals surface area (Å²) in [6.45, 7) is 0.249. The minimum atomic E-state index is -0.587. The number of aryl methyl sites for hydroxylation is 1. The molecule has 2 aliphatic rings. The molecule has 0 bridgehead atoms. The van der Waals surface area contributed by atoms with Gasteiger partial charge in [0, 0.05) is 0 Å². The number of hydrazine groups is 1. The van der Waals surface area contributed by atoms with E-state index in [9.17, 15) is 9.59 Å². The van der Waals surface area contributed by atoms with Crippen molar-refractivity contribution in [2.24, 2.45) is 0 Å². The zero-order valence-corrected chi connectivity index (χ0v) is 13.9. The second kappa shape index (κ2) is 6.43. The molecule has 0 aromatic heterocycles. The van der Waals surface area contributed by atoms with Crippen LogP contribution in [0.25, 0.3) is 5.57 Å². The second-order valence-corrected chi connectivity index (χ2v) is 5.60. The van der Waals surface area contributed by atoms with E-state index >= 15 is 0 Å². The molecule has 24 heavy (non-hydrogen) atoms. The number of nitrogens with zero attached hydrogens (tertiary/aromatic N) is 2. The summed E-state index contributed by atoms with van der Waals surface area (Å²) in [6, 6.07) is 5.65. The molecule has 0 radical (unpaired) electrons. The molecule has 1 aliphatic carbocycles. The van der Waals surface area contributed by atoms with Gasteiger partial charge in [-0.25, -0.2) is 19.6 Å². The largest absolute Gasteiger partial charge is 0.497 e. The number of amides is 2. The Bertz CT molecular complexity index is 700. The Balaban J connectivity index is 2.02. The van der Waals surface area contributed by atoms with E-state index in [0.717, 1.165) is 23.3 Å². The maximum Gasteiger partial charge on any atom is 0.429 e. The fraction of sp³-hybridized carbons (Fsp3) is 0.412. The molecule has 2 amide bonds. The molecule has 0 saturated heterocycles. The fourth-order valence-electron chi connectivity index (χ4n) is 3.34. The first-order valence-corrected chi connectivity index (χ1v) is 7.70. The van der Waals surface area contributed by atoms with Gasteiger partial charge in [-0.05, 0) is 41.7 Å². The molecule has 7 heteroatoms. The number of hydrogen-bond donors (Lipinski definition) is 0. The molecular weight excluding hydrogens is 312 g/mol. The molecule has 1 heterocycles. The van der Waals surface area contributed by atoms with Crippen molar-refractivity contribution in [3.63, 3.8) is 0 Å². The molecule has 1 aliphatic heterocycles. The normalized spacial score (nSPS) is 19.0. The SMILES string of the molecule is COC(=O)N1CC=C2c3ccc(OC)cc3CCC2N1C(=O)OC. The van der Waals surface area contributed by atoms with Crippen molar-refractivity contribution >= 4 is 17.8 Å². The van der Waals surface area contributed by atoms with Gasteiger partial charge in [-0.15, -0.1) is 0 Å². The summed E-state index contributed by atoms with van der Waals surface area (Å²) < 4.78 is 14.9. The monoisotopic (exact) mass is 332 g/mol. The number of methoxy groups -OCH3 is 3. The van der Waals surface area contributed by atoms with Crippen molar-refractivity contribution in [1.82, 2.24) is 10.0 Å². The quantitative estimate of drug-likeness (QED) is 0.790. The molecule has 128 valence electrons. The molecule has 0 fully saturated rings. The van der Waals surface area contributed by atoms with Crippen LogP contribution in [-0.4, -0.2) is 56.1 Å². The van der Waals surface area contributed by atoms with Crippen molar-refractivity contribution in [2.45, 2.75) is 18.9 Å². The van der Waals surface area contributed by atoms with Crippen LogP contribution in [0.1, 0.15) is 17.5 Å². The third-order valence-electron chi connectivity index (χ3n) is 4.46. The molecule has 0 saturated carbocycles. The van der Waals surface area contributed by atoms with Crippen LogP contribution in [0.5, 0.6) is 5.75 Å². The van der Waals surface area contributed by atoms with Crippen molar-refractivity contribution in [2.75, 3.05) is 27.9 Å². The van der Waals surface area contributed by atoms with Crippen molar-refractivity contribution in [3.05, 3.63) is 35.4 Å². The summed E-state index contributed by atoms with van der Waals surface area (Å²) in [4.78, 5) is 24.3. The Kier molecular flexibility index (Phi) is 4.33. The van der Waals surface area contributed by atoms with Gasteiger partial charge in [0.2, 0.25) is 0 Å². The van der Waals surface area contributed by atoms with Gasteiger partial charge in [0.1, 0.15) is 5.75 Å².